The number of aromatic hydroxyl groups is 2. The van der Waals surface area contributed by atoms with Gasteiger partial charge in [0, 0.05) is 12.1 Å². The molecule has 0 aliphatic rings. The van der Waals surface area contributed by atoms with E-state index in [1.54, 1.807) is 42.5 Å². The van der Waals surface area contributed by atoms with Crippen molar-refractivity contribution in [1.29, 1.82) is 0 Å². The van der Waals surface area contributed by atoms with Crippen molar-refractivity contribution in [3.05, 3.63) is 76.8 Å². The molecule has 3 aromatic rings. The summed E-state index contributed by atoms with van der Waals surface area (Å²) in [7, 11) is 0. The molecule has 2 N–H and O–H groups in total. The van der Waals surface area contributed by atoms with Crippen LogP contribution in [0.2, 0.25) is 0 Å². The standard InChI is InChI=1S/C18H13N3O4/c22-17-4-2-1-3-15(17)19-20-16-11-13(7-10-18(16)23)12-5-8-14(9-6-12)21(24)25/h1-11,22-23H. The van der Waals surface area contributed by atoms with Crippen LogP contribution in [0.1, 0.15) is 0 Å². The first-order chi connectivity index (χ1) is 12.0. The number of phenolic OH excluding ortho intramolecular Hbond substituents is 2. The zero-order chi connectivity index (χ0) is 17.8. The van der Waals surface area contributed by atoms with Crippen molar-refractivity contribution < 1.29 is 15.1 Å². The summed E-state index contributed by atoms with van der Waals surface area (Å²) in [4.78, 5) is 10.3. The Morgan fingerprint density at radius 1 is 0.760 bits per heavy atom. The highest BCUT2D eigenvalue weighted by molar-refractivity contribution is 5.71. The summed E-state index contributed by atoms with van der Waals surface area (Å²) in [5.74, 6) is -0.0814. The van der Waals surface area contributed by atoms with Gasteiger partial charge in [0.25, 0.3) is 5.69 Å². The molecule has 0 fully saturated rings. The number of nitrogens with zero attached hydrogens (tertiary/aromatic N) is 3. The van der Waals surface area contributed by atoms with Gasteiger partial charge in [0.05, 0.1) is 4.92 Å². The van der Waals surface area contributed by atoms with E-state index in [0.717, 1.165) is 11.1 Å². The van der Waals surface area contributed by atoms with Crippen LogP contribution in [0.25, 0.3) is 11.1 Å². The van der Waals surface area contributed by atoms with Crippen LogP contribution in [0.3, 0.4) is 0 Å². The third kappa shape index (κ3) is 3.61. The lowest BCUT2D eigenvalue weighted by Crippen LogP contribution is -1.87. The number of para-hydroxylation sites is 1. The number of azo groups is 1. The van der Waals surface area contributed by atoms with Crippen LogP contribution < -0.4 is 0 Å². The molecule has 0 aliphatic heterocycles. The van der Waals surface area contributed by atoms with Gasteiger partial charge in [0.2, 0.25) is 0 Å². The van der Waals surface area contributed by atoms with Crippen LogP contribution in [0.5, 0.6) is 11.5 Å². The first-order valence-electron chi connectivity index (χ1n) is 7.32. The molecule has 0 radical (unpaired) electrons. The van der Waals surface area contributed by atoms with Gasteiger partial charge in [-0.1, -0.05) is 18.2 Å². The van der Waals surface area contributed by atoms with Crippen LogP contribution in [-0.4, -0.2) is 15.1 Å². The number of hydrogen-bond acceptors (Lipinski definition) is 6. The molecule has 25 heavy (non-hydrogen) atoms. The zero-order valence-electron chi connectivity index (χ0n) is 12.9. The monoisotopic (exact) mass is 335 g/mol. The Bertz CT molecular complexity index is 953. The molecule has 7 heteroatoms. The summed E-state index contributed by atoms with van der Waals surface area (Å²) < 4.78 is 0. The normalized spacial score (nSPS) is 10.9. The minimum Gasteiger partial charge on any atom is -0.506 e. The summed E-state index contributed by atoms with van der Waals surface area (Å²) in [6.45, 7) is 0. The molecular weight excluding hydrogens is 322 g/mol. The molecule has 0 unspecified atom stereocenters. The highest BCUT2D eigenvalue weighted by Gasteiger charge is 2.08. The van der Waals surface area contributed by atoms with Crippen molar-refractivity contribution in [2.24, 2.45) is 10.2 Å². The van der Waals surface area contributed by atoms with Gasteiger partial charge < -0.3 is 10.2 Å². The van der Waals surface area contributed by atoms with Gasteiger partial charge in [-0.05, 0) is 47.5 Å². The lowest BCUT2D eigenvalue weighted by atomic mass is 10.0. The lowest BCUT2D eigenvalue weighted by Gasteiger charge is -2.04. The zero-order valence-corrected chi connectivity index (χ0v) is 12.9. The first kappa shape index (κ1) is 16.1. The summed E-state index contributed by atoms with van der Waals surface area (Å²) in [6, 6.07) is 17.3. The molecular formula is C18H13N3O4. The molecule has 7 nitrogen and oxygen atoms in total. The van der Waals surface area contributed by atoms with E-state index < -0.39 is 4.92 Å². The summed E-state index contributed by atoms with van der Waals surface area (Å²) in [5, 5.41) is 38.3. The Kier molecular flexibility index (Phi) is 4.38. The fraction of sp³-hybridized carbons (Fsp3) is 0. The highest BCUT2D eigenvalue weighted by atomic mass is 16.6. The fourth-order valence-corrected chi connectivity index (χ4v) is 2.22. The lowest BCUT2D eigenvalue weighted by molar-refractivity contribution is -0.384. The Morgan fingerprint density at radius 2 is 1.36 bits per heavy atom. The number of rotatable bonds is 4. The largest absolute Gasteiger partial charge is 0.506 e. The molecule has 0 bridgehead atoms. The van der Waals surface area contributed by atoms with Gasteiger partial charge in [0.1, 0.15) is 22.9 Å². The highest BCUT2D eigenvalue weighted by Crippen LogP contribution is 2.34. The average Bonchev–Trinajstić information content (AvgIpc) is 2.62. The van der Waals surface area contributed by atoms with Gasteiger partial charge in [-0.25, -0.2) is 0 Å². The number of nitro benzene ring substituents is 1. The topological polar surface area (TPSA) is 108 Å². The van der Waals surface area contributed by atoms with E-state index in [4.69, 9.17) is 0 Å². The first-order valence-corrected chi connectivity index (χ1v) is 7.32. The van der Waals surface area contributed by atoms with Crippen LogP contribution in [0.4, 0.5) is 17.1 Å². The number of phenols is 2. The second kappa shape index (κ2) is 6.79. The fourth-order valence-electron chi connectivity index (χ4n) is 2.22. The molecule has 0 aliphatic carbocycles. The van der Waals surface area contributed by atoms with E-state index in [0.29, 0.717) is 0 Å². The van der Waals surface area contributed by atoms with Crippen LogP contribution in [0.15, 0.2) is 77.0 Å². The predicted molar refractivity (Wildman–Crippen MR) is 92.5 cm³/mol. The molecule has 0 amide bonds. The van der Waals surface area contributed by atoms with E-state index in [9.17, 15) is 20.3 Å². The van der Waals surface area contributed by atoms with Gasteiger partial charge in [-0.3, -0.25) is 10.1 Å². The Labute approximate surface area is 142 Å². The van der Waals surface area contributed by atoms with Crippen molar-refractivity contribution in [1.82, 2.24) is 0 Å². The summed E-state index contributed by atoms with van der Waals surface area (Å²) in [6.07, 6.45) is 0. The molecule has 0 atom stereocenters. The second-order valence-corrected chi connectivity index (χ2v) is 5.20. The minimum atomic E-state index is -0.466. The SMILES string of the molecule is O=[N+]([O-])c1ccc(-c2ccc(O)c(N=Nc3ccccc3O)c2)cc1. The van der Waals surface area contributed by atoms with E-state index >= 15 is 0 Å². The van der Waals surface area contributed by atoms with Crippen molar-refractivity contribution in [2.45, 2.75) is 0 Å². The predicted octanol–water partition coefficient (Wildman–Crippen LogP) is 5.09. The number of benzene rings is 3. The quantitative estimate of drug-likeness (QED) is 0.393. The Balaban J connectivity index is 1.93. The summed E-state index contributed by atoms with van der Waals surface area (Å²) >= 11 is 0. The molecule has 124 valence electrons. The molecule has 0 spiro atoms. The van der Waals surface area contributed by atoms with E-state index in [-0.39, 0.29) is 28.6 Å². The number of nitro groups is 1. The smallest absolute Gasteiger partial charge is 0.269 e. The third-order valence-corrected chi connectivity index (χ3v) is 3.53. The molecule has 0 saturated heterocycles. The number of hydrogen-bond donors (Lipinski definition) is 2. The van der Waals surface area contributed by atoms with Gasteiger partial charge in [0.15, 0.2) is 0 Å². The van der Waals surface area contributed by atoms with E-state index in [1.165, 1.54) is 24.3 Å². The van der Waals surface area contributed by atoms with Crippen LogP contribution >= 0.6 is 0 Å². The third-order valence-electron chi connectivity index (χ3n) is 3.53. The molecule has 3 aromatic carbocycles. The molecule has 0 saturated carbocycles. The Morgan fingerprint density at radius 3 is 2.04 bits per heavy atom. The maximum Gasteiger partial charge on any atom is 0.269 e. The minimum absolute atomic E-state index is 0.00184. The van der Waals surface area contributed by atoms with Gasteiger partial charge in [-0.15, -0.1) is 10.2 Å². The van der Waals surface area contributed by atoms with Crippen molar-refractivity contribution >= 4 is 17.1 Å². The van der Waals surface area contributed by atoms with E-state index in [2.05, 4.69) is 10.2 Å². The second-order valence-electron chi connectivity index (χ2n) is 5.20. The summed E-state index contributed by atoms with van der Waals surface area (Å²) in [5.41, 5.74) is 1.97. The van der Waals surface area contributed by atoms with Crippen molar-refractivity contribution in [3.8, 4) is 22.6 Å². The maximum absolute atomic E-state index is 10.7. The molecule has 3 rings (SSSR count). The van der Waals surface area contributed by atoms with Crippen LogP contribution in [-0.2, 0) is 0 Å². The maximum atomic E-state index is 10.7. The van der Waals surface area contributed by atoms with Crippen molar-refractivity contribution in [3.63, 3.8) is 0 Å². The van der Waals surface area contributed by atoms with Crippen molar-refractivity contribution in [2.75, 3.05) is 0 Å². The average molecular weight is 335 g/mol. The number of non-ortho nitro benzene ring substituents is 1. The van der Waals surface area contributed by atoms with E-state index in [1.807, 2.05) is 0 Å². The van der Waals surface area contributed by atoms with Gasteiger partial charge >= 0.3 is 0 Å². The Hall–Kier alpha value is -3.74. The molecule has 0 heterocycles. The molecule has 0 aromatic heterocycles. The van der Waals surface area contributed by atoms with Gasteiger partial charge in [-0.2, -0.15) is 0 Å². The van der Waals surface area contributed by atoms with Crippen LogP contribution in [0, 0.1) is 10.1 Å².